The van der Waals surface area contributed by atoms with E-state index in [4.69, 9.17) is 11.6 Å². The van der Waals surface area contributed by atoms with Gasteiger partial charge in [-0.15, -0.1) is 0 Å². The Morgan fingerprint density at radius 3 is 2.45 bits per heavy atom. The van der Waals surface area contributed by atoms with E-state index in [1.165, 1.54) is 12.1 Å². The number of aliphatic hydroxyl groups excluding tert-OH is 1. The van der Waals surface area contributed by atoms with Gasteiger partial charge in [-0.2, -0.15) is 0 Å². The second kappa shape index (κ2) is 6.16. The molecule has 2 aromatic carbocycles. The largest absolute Gasteiger partial charge is 0.388 e. The van der Waals surface area contributed by atoms with Crippen LogP contribution in [-0.4, -0.2) is 5.11 Å². The monoisotopic (exact) mass is 364 g/mol. The minimum atomic E-state index is -1.28. The molecule has 0 saturated carbocycles. The standard InChI is InChI=1S/C14H9BrClF3O/c15-10-6-13(19)9(5-11(10)16)14(20)3-7-1-2-8(17)4-12(7)18/h1-2,4-6,14,20H,3H2. The Labute approximate surface area is 127 Å². The van der Waals surface area contributed by atoms with Gasteiger partial charge < -0.3 is 5.11 Å². The van der Waals surface area contributed by atoms with E-state index in [1.807, 2.05) is 0 Å². The van der Waals surface area contributed by atoms with Gasteiger partial charge in [0.05, 0.1) is 11.1 Å². The summed E-state index contributed by atoms with van der Waals surface area (Å²) >= 11 is 8.90. The van der Waals surface area contributed by atoms with Crippen LogP contribution in [0.3, 0.4) is 0 Å². The summed E-state index contributed by atoms with van der Waals surface area (Å²) in [5.74, 6) is -2.15. The number of hydrogen-bond acceptors (Lipinski definition) is 1. The van der Waals surface area contributed by atoms with Crippen LogP contribution >= 0.6 is 27.5 Å². The number of halogens is 5. The lowest BCUT2D eigenvalue weighted by atomic mass is 10.0. The summed E-state index contributed by atoms with van der Waals surface area (Å²) in [5.41, 5.74) is 0.0549. The molecule has 0 aliphatic heterocycles. The summed E-state index contributed by atoms with van der Waals surface area (Å²) in [6, 6.07) is 5.41. The Morgan fingerprint density at radius 1 is 1.10 bits per heavy atom. The van der Waals surface area contributed by atoms with Crippen molar-refractivity contribution in [2.75, 3.05) is 0 Å². The van der Waals surface area contributed by atoms with Crippen LogP contribution < -0.4 is 0 Å². The fourth-order valence-electron chi connectivity index (χ4n) is 1.80. The molecule has 6 heteroatoms. The smallest absolute Gasteiger partial charge is 0.130 e. The maximum absolute atomic E-state index is 13.7. The maximum atomic E-state index is 13.7. The first kappa shape index (κ1) is 15.4. The van der Waals surface area contributed by atoms with Crippen molar-refractivity contribution in [2.45, 2.75) is 12.5 Å². The molecule has 1 atom stereocenters. The van der Waals surface area contributed by atoms with E-state index in [-0.39, 0.29) is 22.6 Å². The SMILES string of the molecule is OC(Cc1ccc(F)cc1F)c1cc(Cl)c(Br)cc1F. The Hall–Kier alpha value is -1.04. The van der Waals surface area contributed by atoms with Crippen LogP contribution in [0.15, 0.2) is 34.8 Å². The molecule has 0 saturated heterocycles. The van der Waals surface area contributed by atoms with Crippen LogP contribution in [0.25, 0.3) is 0 Å². The van der Waals surface area contributed by atoms with E-state index in [9.17, 15) is 18.3 Å². The molecule has 0 amide bonds. The quantitative estimate of drug-likeness (QED) is 0.775. The second-order valence-corrected chi connectivity index (χ2v) is 5.51. The minimum absolute atomic E-state index is 0.0399. The molecule has 0 heterocycles. The molecule has 1 nitrogen and oxygen atoms in total. The predicted octanol–water partition coefficient (Wildman–Crippen LogP) is 4.80. The summed E-state index contributed by atoms with van der Waals surface area (Å²) in [6.45, 7) is 0. The lowest BCUT2D eigenvalue weighted by Gasteiger charge is -2.13. The summed E-state index contributed by atoms with van der Waals surface area (Å²) in [5, 5.41) is 10.2. The van der Waals surface area contributed by atoms with Gasteiger partial charge in [0.15, 0.2) is 0 Å². The molecule has 0 aliphatic carbocycles. The average Bonchev–Trinajstić information content (AvgIpc) is 2.37. The molecule has 0 radical (unpaired) electrons. The van der Waals surface area contributed by atoms with Crippen molar-refractivity contribution in [1.29, 1.82) is 0 Å². The van der Waals surface area contributed by atoms with Gasteiger partial charge >= 0.3 is 0 Å². The van der Waals surface area contributed by atoms with Crippen molar-refractivity contribution in [1.82, 2.24) is 0 Å². The molecular formula is C14H9BrClF3O. The summed E-state index contributed by atoms with van der Waals surface area (Å²) in [7, 11) is 0. The topological polar surface area (TPSA) is 20.2 Å². The molecule has 2 aromatic rings. The zero-order valence-corrected chi connectivity index (χ0v) is 12.4. The third-order valence-electron chi connectivity index (χ3n) is 2.83. The number of aliphatic hydroxyl groups is 1. The first-order valence-electron chi connectivity index (χ1n) is 5.65. The third kappa shape index (κ3) is 3.34. The maximum Gasteiger partial charge on any atom is 0.130 e. The first-order chi connectivity index (χ1) is 9.38. The van der Waals surface area contributed by atoms with E-state index in [0.717, 1.165) is 12.1 Å². The fourth-order valence-corrected chi connectivity index (χ4v) is 2.29. The van der Waals surface area contributed by atoms with E-state index < -0.39 is 23.6 Å². The summed E-state index contributed by atoms with van der Waals surface area (Å²) in [4.78, 5) is 0. The molecule has 106 valence electrons. The van der Waals surface area contributed by atoms with Gasteiger partial charge in [-0.05, 0) is 39.7 Å². The summed E-state index contributed by atoms with van der Waals surface area (Å²) < 4.78 is 40.4. The Bertz CT molecular complexity index is 649. The highest BCUT2D eigenvalue weighted by molar-refractivity contribution is 9.10. The van der Waals surface area contributed by atoms with E-state index >= 15 is 0 Å². The van der Waals surface area contributed by atoms with Gasteiger partial charge in [-0.25, -0.2) is 13.2 Å². The number of rotatable bonds is 3. The van der Waals surface area contributed by atoms with Gasteiger partial charge in [0.1, 0.15) is 17.5 Å². The van der Waals surface area contributed by atoms with Crippen LogP contribution in [0.1, 0.15) is 17.2 Å². The molecule has 0 aromatic heterocycles. The van der Waals surface area contributed by atoms with Gasteiger partial charge in [-0.3, -0.25) is 0 Å². The molecule has 0 fully saturated rings. The number of hydrogen-bond donors (Lipinski definition) is 1. The zero-order valence-electron chi connectivity index (χ0n) is 10.0. The molecule has 0 spiro atoms. The van der Waals surface area contributed by atoms with E-state index in [2.05, 4.69) is 15.9 Å². The second-order valence-electron chi connectivity index (χ2n) is 4.24. The van der Waals surface area contributed by atoms with Gasteiger partial charge in [0.25, 0.3) is 0 Å². The van der Waals surface area contributed by atoms with Gasteiger partial charge in [-0.1, -0.05) is 17.7 Å². The molecule has 20 heavy (non-hydrogen) atoms. The minimum Gasteiger partial charge on any atom is -0.388 e. The van der Waals surface area contributed by atoms with E-state index in [0.29, 0.717) is 10.5 Å². The van der Waals surface area contributed by atoms with Crippen molar-refractivity contribution in [3.63, 3.8) is 0 Å². The van der Waals surface area contributed by atoms with Crippen LogP contribution in [0.4, 0.5) is 13.2 Å². The molecule has 1 N–H and O–H groups in total. The Balaban J connectivity index is 2.28. The van der Waals surface area contributed by atoms with Crippen molar-refractivity contribution in [2.24, 2.45) is 0 Å². The summed E-state index contributed by atoms with van der Waals surface area (Å²) in [6.07, 6.45) is -1.46. The third-order valence-corrected chi connectivity index (χ3v) is 4.02. The Kier molecular flexibility index (Phi) is 4.73. The van der Waals surface area contributed by atoms with Crippen LogP contribution in [0, 0.1) is 17.5 Å². The number of benzene rings is 2. The van der Waals surface area contributed by atoms with Gasteiger partial charge in [0, 0.05) is 22.5 Å². The highest BCUT2D eigenvalue weighted by atomic mass is 79.9. The van der Waals surface area contributed by atoms with Crippen molar-refractivity contribution >= 4 is 27.5 Å². The van der Waals surface area contributed by atoms with Crippen molar-refractivity contribution < 1.29 is 18.3 Å². The van der Waals surface area contributed by atoms with E-state index in [1.54, 1.807) is 0 Å². The molecule has 2 rings (SSSR count). The van der Waals surface area contributed by atoms with Crippen LogP contribution in [0.5, 0.6) is 0 Å². The van der Waals surface area contributed by atoms with Crippen LogP contribution in [0.2, 0.25) is 5.02 Å². The molecule has 1 unspecified atom stereocenters. The Morgan fingerprint density at radius 2 is 1.80 bits per heavy atom. The highest BCUT2D eigenvalue weighted by Gasteiger charge is 2.17. The molecule has 0 aliphatic rings. The first-order valence-corrected chi connectivity index (χ1v) is 6.82. The average molecular weight is 366 g/mol. The normalized spacial score (nSPS) is 12.5. The predicted molar refractivity (Wildman–Crippen MR) is 74.1 cm³/mol. The zero-order chi connectivity index (χ0) is 14.9. The molecule has 0 bridgehead atoms. The lowest BCUT2D eigenvalue weighted by Crippen LogP contribution is -2.06. The lowest BCUT2D eigenvalue weighted by molar-refractivity contribution is 0.172. The molecular weight excluding hydrogens is 357 g/mol. The van der Waals surface area contributed by atoms with Crippen LogP contribution in [-0.2, 0) is 6.42 Å². The highest BCUT2D eigenvalue weighted by Crippen LogP contribution is 2.30. The van der Waals surface area contributed by atoms with Crippen molar-refractivity contribution in [3.05, 3.63) is 68.4 Å². The van der Waals surface area contributed by atoms with Crippen molar-refractivity contribution in [3.8, 4) is 0 Å². The fraction of sp³-hybridized carbons (Fsp3) is 0.143. The van der Waals surface area contributed by atoms with Gasteiger partial charge in [0.2, 0.25) is 0 Å².